The molecule has 0 atom stereocenters. The lowest BCUT2D eigenvalue weighted by molar-refractivity contribution is 0.467. The van der Waals surface area contributed by atoms with Gasteiger partial charge in [-0.3, -0.25) is 0 Å². The molecule has 84 valence electrons. The lowest BCUT2D eigenvalue weighted by Gasteiger charge is -2.04. The average molecular weight is 216 g/mol. The van der Waals surface area contributed by atoms with Crippen LogP contribution in [0.15, 0.2) is 30.5 Å². The maximum absolute atomic E-state index is 9.73. The van der Waals surface area contributed by atoms with Gasteiger partial charge < -0.3 is 5.11 Å². The van der Waals surface area contributed by atoms with Crippen molar-refractivity contribution in [2.75, 3.05) is 0 Å². The van der Waals surface area contributed by atoms with E-state index in [1.807, 2.05) is 31.2 Å². The Labute approximate surface area is 95.3 Å². The minimum absolute atomic E-state index is 0.283. The molecular formula is C13H16N2O. The number of rotatable bonds is 3. The van der Waals surface area contributed by atoms with Gasteiger partial charge in [-0.1, -0.05) is 31.5 Å². The van der Waals surface area contributed by atoms with Crippen LogP contribution in [0.2, 0.25) is 0 Å². The predicted molar refractivity (Wildman–Crippen MR) is 64.0 cm³/mol. The Hall–Kier alpha value is -1.77. The third-order valence-corrected chi connectivity index (χ3v) is 2.62. The number of aromatic hydroxyl groups is 1. The quantitative estimate of drug-likeness (QED) is 0.856. The van der Waals surface area contributed by atoms with E-state index in [0.29, 0.717) is 0 Å². The van der Waals surface area contributed by atoms with Gasteiger partial charge in [-0.25, -0.2) is 4.68 Å². The highest BCUT2D eigenvalue weighted by Crippen LogP contribution is 2.20. The summed E-state index contributed by atoms with van der Waals surface area (Å²) >= 11 is 0. The van der Waals surface area contributed by atoms with Gasteiger partial charge in [-0.15, -0.1) is 0 Å². The standard InChI is InChI=1S/C13H16N2O/c1-3-6-11-13(16)9-15(14-11)12-8-5-4-7-10(12)2/h4-5,7-9,16H,3,6H2,1-2H3. The fraction of sp³-hybridized carbons (Fsp3) is 0.308. The smallest absolute Gasteiger partial charge is 0.157 e. The summed E-state index contributed by atoms with van der Waals surface area (Å²) in [5.41, 5.74) is 2.93. The third-order valence-electron chi connectivity index (χ3n) is 2.62. The molecule has 2 rings (SSSR count). The van der Waals surface area contributed by atoms with Crippen LogP contribution < -0.4 is 0 Å². The molecule has 0 fully saturated rings. The topological polar surface area (TPSA) is 38.0 Å². The minimum Gasteiger partial charge on any atom is -0.504 e. The molecule has 16 heavy (non-hydrogen) atoms. The van der Waals surface area contributed by atoms with Crippen molar-refractivity contribution in [1.29, 1.82) is 0 Å². The van der Waals surface area contributed by atoms with Crippen LogP contribution in [-0.2, 0) is 6.42 Å². The van der Waals surface area contributed by atoms with Gasteiger partial charge in [0, 0.05) is 0 Å². The highest BCUT2D eigenvalue weighted by Gasteiger charge is 2.08. The predicted octanol–water partition coefficient (Wildman–Crippen LogP) is 2.84. The summed E-state index contributed by atoms with van der Waals surface area (Å²) in [6.07, 6.45) is 3.47. The molecule has 0 unspecified atom stereocenters. The fourth-order valence-electron chi connectivity index (χ4n) is 1.76. The molecule has 0 radical (unpaired) electrons. The van der Waals surface area contributed by atoms with Crippen molar-refractivity contribution in [3.05, 3.63) is 41.7 Å². The van der Waals surface area contributed by atoms with E-state index in [9.17, 15) is 5.11 Å². The summed E-state index contributed by atoms with van der Waals surface area (Å²) in [5.74, 6) is 0.283. The van der Waals surface area contributed by atoms with Gasteiger partial charge in [0.2, 0.25) is 0 Å². The highest BCUT2D eigenvalue weighted by atomic mass is 16.3. The molecule has 0 bridgehead atoms. The first-order valence-electron chi connectivity index (χ1n) is 5.56. The second-order valence-electron chi connectivity index (χ2n) is 3.94. The van der Waals surface area contributed by atoms with E-state index in [-0.39, 0.29) is 5.75 Å². The Balaban J connectivity index is 2.42. The first kappa shape index (κ1) is 10.7. The normalized spacial score (nSPS) is 10.6. The van der Waals surface area contributed by atoms with E-state index in [4.69, 9.17) is 0 Å². The molecule has 3 heteroatoms. The molecule has 0 aliphatic carbocycles. The van der Waals surface area contributed by atoms with Crippen molar-refractivity contribution in [3.63, 3.8) is 0 Å². The molecule has 1 aromatic heterocycles. The summed E-state index contributed by atoms with van der Waals surface area (Å²) < 4.78 is 1.75. The number of hydrogen-bond donors (Lipinski definition) is 1. The lowest BCUT2D eigenvalue weighted by Crippen LogP contribution is -1.98. The fourth-order valence-corrected chi connectivity index (χ4v) is 1.76. The summed E-state index contributed by atoms with van der Waals surface area (Å²) in [4.78, 5) is 0. The Kier molecular flexibility index (Phi) is 2.95. The van der Waals surface area contributed by atoms with Crippen LogP contribution in [0.25, 0.3) is 5.69 Å². The lowest BCUT2D eigenvalue weighted by atomic mass is 10.2. The average Bonchev–Trinajstić information content (AvgIpc) is 2.61. The first-order valence-corrected chi connectivity index (χ1v) is 5.56. The molecule has 0 spiro atoms. The third kappa shape index (κ3) is 1.94. The van der Waals surface area contributed by atoms with Crippen molar-refractivity contribution in [1.82, 2.24) is 9.78 Å². The van der Waals surface area contributed by atoms with Crippen LogP contribution in [-0.4, -0.2) is 14.9 Å². The molecule has 3 nitrogen and oxygen atoms in total. The van der Waals surface area contributed by atoms with Crippen LogP contribution >= 0.6 is 0 Å². The largest absolute Gasteiger partial charge is 0.504 e. The first-order chi connectivity index (χ1) is 7.72. The van der Waals surface area contributed by atoms with Crippen molar-refractivity contribution in [2.24, 2.45) is 0 Å². The molecule has 0 aliphatic heterocycles. The zero-order chi connectivity index (χ0) is 11.5. The van der Waals surface area contributed by atoms with Gasteiger partial charge in [0.05, 0.1) is 11.9 Å². The minimum atomic E-state index is 0.283. The van der Waals surface area contributed by atoms with Crippen molar-refractivity contribution < 1.29 is 5.11 Å². The Morgan fingerprint density at radius 3 is 2.75 bits per heavy atom. The molecular weight excluding hydrogens is 200 g/mol. The zero-order valence-electron chi connectivity index (χ0n) is 9.64. The van der Waals surface area contributed by atoms with Gasteiger partial charge in [0.25, 0.3) is 0 Å². The number of hydrogen-bond acceptors (Lipinski definition) is 2. The van der Waals surface area contributed by atoms with E-state index < -0.39 is 0 Å². The van der Waals surface area contributed by atoms with Crippen LogP contribution in [0, 0.1) is 6.92 Å². The Bertz CT molecular complexity index is 488. The van der Waals surface area contributed by atoms with Gasteiger partial charge in [-0.05, 0) is 25.0 Å². The van der Waals surface area contributed by atoms with Crippen LogP contribution in [0.5, 0.6) is 5.75 Å². The number of para-hydroxylation sites is 1. The van der Waals surface area contributed by atoms with Gasteiger partial charge in [-0.2, -0.15) is 5.10 Å². The second kappa shape index (κ2) is 4.39. The molecule has 0 amide bonds. The number of benzene rings is 1. The van der Waals surface area contributed by atoms with Crippen molar-refractivity contribution in [3.8, 4) is 11.4 Å². The monoisotopic (exact) mass is 216 g/mol. The maximum Gasteiger partial charge on any atom is 0.157 e. The van der Waals surface area contributed by atoms with E-state index in [1.165, 1.54) is 0 Å². The molecule has 1 N–H and O–H groups in total. The molecule has 1 aromatic carbocycles. The summed E-state index contributed by atoms with van der Waals surface area (Å²) in [5, 5.41) is 14.1. The Morgan fingerprint density at radius 1 is 1.31 bits per heavy atom. The summed E-state index contributed by atoms with van der Waals surface area (Å²) in [6.45, 7) is 4.11. The number of nitrogens with zero attached hydrogens (tertiary/aromatic N) is 2. The van der Waals surface area contributed by atoms with E-state index in [0.717, 1.165) is 29.8 Å². The van der Waals surface area contributed by atoms with E-state index in [2.05, 4.69) is 12.0 Å². The summed E-state index contributed by atoms with van der Waals surface area (Å²) in [7, 11) is 0. The number of aromatic nitrogens is 2. The molecule has 0 aliphatic rings. The van der Waals surface area contributed by atoms with E-state index >= 15 is 0 Å². The summed E-state index contributed by atoms with van der Waals surface area (Å²) in [6, 6.07) is 8.00. The second-order valence-corrected chi connectivity index (χ2v) is 3.94. The van der Waals surface area contributed by atoms with Crippen LogP contribution in [0.3, 0.4) is 0 Å². The molecule has 0 saturated heterocycles. The van der Waals surface area contributed by atoms with Gasteiger partial charge in [0.1, 0.15) is 5.69 Å². The van der Waals surface area contributed by atoms with Crippen molar-refractivity contribution in [2.45, 2.75) is 26.7 Å². The zero-order valence-corrected chi connectivity index (χ0v) is 9.64. The highest BCUT2D eigenvalue weighted by molar-refractivity contribution is 5.41. The van der Waals surface area contributed by atoms with Crippen molar-refractivity contribution >= 4 is 0 Å². The van der Waals surface area contributed by atoms with Gasteiger partial charge >= 0.3 is 0 Å². The maximum atomic E-state index is 9.73. The SMILES string of the molecule is CCCc1nn(-c2ccccc2C)cc1O. The number of aryl methyl sites for hydroxylation is 2. The molecule has 0 saturated carbocycles. The van der Waals surface area contributed by atoms with Gasteiger partial charge in [0.15, 0.2) is 5.75 Å². The van der Waals surface area contributed by atoms with Crippen LogP contribution in [0.4, 0.5) is 0 Å². The Morgan fingerprint density at radius 2 is 2.06 bits per heavy atom. The van der Waals surface area contributed by atoms with E-state index in [1.54, 1.807) is 10.9 Å². The van der Waals surface area contributed by atoms with Crippen LogP contribution in [0.1, 0.15) is 24.6 Å². The molecule has 2 aromatic rings. The molecule has 1 heterocycles.